The highest BCUT2D eigenvalue weighted by Crippen LogP contribution is 2.27. The molecule has 0 aromatic heterocycles. The number of rotatable bonds is 3. The molecule has 1 nitrogen and oxygen atoms in total. The van der Waals surface area contributed by atoms with E-state index >= 15 is 0 Å². The van der Waals surface area contributed by atoms with Gasteiger partial charge in [-0.15, -0.1) is 0 Å². The molecule has 0 amide bonds. The lowest BCUT2D eigenvalue weighted by Gasteiger charge is -2.26. The van der Waals surface area contributed by atoms with E-state index in [-0.39, 0.29) is 0 Å². The summed E-state index contributed by atoms with van der Waals surface area (Å²) in [4.78, 5) is 0. The largest absolute Gasteiger partial charge is 0.327 e. The summed E-state index contributed by atoms with van der Waals surface area (Å²) in [7, 11) is 0. The molecule has 1 atom stereocenters. The van der Waals surface area contributed by atoms with Crippen LogP contribution in [0.25, 0.3) is 0 Å². The number of nitrogens with two attached hydrogens (primary N) is 1. The van der Waals surface area contributed by atoms with E-state index in [0.717, 1.165) is 12.3 Å². The smallest absolute Gasteiger partial charge is 0.0207 e. The SMILES string of the molecule is NC(Cc1ccccc1Br)C1CCCCCCC1. The van der Waals surface area contributed by atoms with Crippen LogP contribution in [0.2, 0.25) is 0 Å². The second-order valence-electron chi connectivity index (χ2n) is 5.56. The van der Waals surface area contributed by atoms with Crippen molar-refractivity contribution in [3.05, 3.63) is 34.3 Å². The first-order valence-corrected chi connectivity index (χ1v) is 8.05. The molecule has 2 N–H and O–H groups in total. The van der Waals surface area contributed by atoms with Crippen molar-refractivity contribution in [1.29, 1.82) is 0 Å². The van der Waals surface area contributed by atoms with Crippen LogP contribution in [-0.4, -0.2) is 6.04 Å². The fourth-order valence-corrected chi connectivity index (χ4v) is 3.45. The fourth-order valence-electron chi connectivity index (χ4n) is 3.00. The predicted octanol–water partition coefficient (Wildman–Crippen LogP) is 4.68. The van der Waals surface area contributed by atoms with Gasteiger partial charge in [0.05, 0.1) is 0 Å². The van der Waals surface area contributed by atoms with Gasteiger partial charge in [-0.05, 0) is 36.8 Å². The molecule has 0 radical (unpaired) electrons. The summed E-state index contributed by atoms with van der Waals surface area (Å²) in [6.07, 6.45) is 10.6. The zero-order valence-electron chi connectivity index (χ0n) is 11.1. The Morgan fingerprint density at radius 1 is 1.06 bits per heavy atom. The van der Waals surface area contributed by atoms with Gasteiger partial charge in [0.1, 0.15) is 0 Å². The van der Waals surface area contributed by atoms with Gasteiger partial charge >= 0.3 is 0 Å². The Morgan fingerprint density at radius 2 is 1.67 bits per heavy atom. The van der Waals surface area contributed by atoms with E-state index in [1.807, 2.05) is 0 Å². The average Bonchev–Trinajstić information content (AvgIpc) is 2.31. The molecule has 1 unspecified atom stereocenters. The molecule has 18 heavy (non-hydrogen) atoms. The summed E-state index contributed by atoms with van der Waals surface area (Å²) in [6, 6.07) is 8.79. The number of hydrogen-bond donors (Lipinski definition) is 1. The summed E-state index contributed by atoms with van der Waals surface area (Å²) in [5.74, 6) is 0.720. The zero-order valence-corrected chi connectivity index (χ0v) is 12.7. The molecule has 0 heterocycles. The summed E-state index contributed by atoms with van der Waals surface area (Å²) in [5.41, 5.74) is 7.80. The van der Waals surface area contributed by atoms with Gasteiger partial charge in [-0.1, -0.05) is 66.2 Å². The Bertz CT molecular complexity index is 356. The van der Waals surface area contributed by atoms with E-state index in [9.17, 15) is 0 Å². The first kappa shape index (κ1) is 14.1. The summed E-state index contributed by atoms with van der Waals surface area (Å²) >= 11 is 3.62. The molecular formula is C16H24BrN. The number of hydrogen-bond acceptors (Lipinski definition) is 1. The highest BCUT2D eigenvalue weighted by atomic mass is 79.9. The van der Waals surface area contributed by atoms with Gasteiger partial charge in [-0.2, -0.15) is 0 Å². The summed E-state index contributed by atoms with van der Waals surface area (Å²) in [5, 5.41) is 0. The highest BCUT2D eigenvalue weighted by Gasteiger charge is 2.19. The van der Waals surface area contributed by atoms with Crippen LogP contribution in [0.4, 0.5) is 0 Å². The Balaban J connectivity index is 1.93. The minimum atomic E-state index is 0.321. The minimum Gasteiger partial charge on any atom is -0.327 e. The zero-order chi connectivity index (χ0) is 12.8. The van der Waals surface area contributed by atoms with Crippen LogP contribution < -0.4 is 5.73 Å². The third kappa shape index (κ3) is 4.10. The van der Waals surface area contributed by atoms with Crippen LogP contribution in [0.3, 0.4) is 0 Å². The van der Waals surface area contributed by atoms with Crippen LogP contribution in [0.5, 0.6) is 0 Å². The summed E-state index contributed by atoms with van der Waals surface area (Å²) < 4.78 is 1.20. The second-order valence-corrected chi connectivity index (χ2v) is 6.42. The van der Waals surface area contributed by atoms with Crippen LogP contribution in [0.1, 0.15) is 50.5 Å². The molecular weight excluding hydrogens is 286 g/mol. The van der Waals surface area contributed by atoms with Crippen LogP contribution in [0.15, 0.2) is 28.7 Å². The topological polar surface area (TPSA) is 26.0 Å². The van der Waals surface area contributed by atoms with Crippen molar-refractivity contribution in [3.8, 4) is 0 Å². The monoisotopic (exact) mass is 309 g/mol. The lowest BCUT2D eigenvalue weighted by molar-refractivity contribution is 0.322. The third-order valence-corrected chi connectivity index (χ3v) is 4.94. The van der Waals surface area contributed by atoms with Crippen molar-refractivity contribution in [2.45, 2.75) is 57.4 Å². The van der Waals surface area contributed by atoms with E-state index in [0.29, 0.717) is 6.04 Å². The number of benzene rings is 1. The molecule has 1 aromatic carbocycles. The molecule has 1 aliphatic rings. The molecule has 0 bridgehead atoms. The van der Waals surface area contributed by atoms with E-state index in [2.05, 4.69) is 40.2 Å². The Hall–Kier alpha value is -0.340. The number of halogens is 1. The van der Waals surface area contributed by atoms with Crippen LogP contribution in [-0.2, 0) is 6.42 Å². The molecule has 0 spiro atoms. The Morgan fingerprint density at radius 3 is 2.33 bits per heavy atom. The maximum absolute atomic E-state index is 6.45. The maximum atomic E-state index is 6.45. The Kier molecular flexibility index (Phi) is 5.71. The second kappa shape index (κ2) is 7.30. The van der Waals surface area contributed by atoms with E-state index < -0.39 is 0 Å². The van der Waals surface area contributed by atoms with Crippen molar-refractivity contribution in [1.82, 2.24) is 0 Å². The van der Waals surface area contributed by atoms with Gasteiger partial charge in [0, 0.05) is 10.5 Å². The summed E-state index contributed by atoms with van der Waals surface area (Å²) in [6.45, 7) is 0. The normalized spacial score (nSPS) is 20.1. The maximum Gasteiger partial charge on any atom is 0.0207 e. The molecule has 1 saturated carbocycles. The molecule has 2 heteroatoms. The van der Waals surface area contributed by atoms with Crippen LogP contribution in [0, 0.1) is 5.92 Å². The molecule has 0 saturated heterocycles. The predicted molar refractivity (Wildman–Crippen MR) is 81.6 cm³/mol. The van der Waals surface area contributed by atoms with Gasteiger partial charge in [-0.3, -0.25) is 0 Å². The Labute approximate surface area is 119 Å². The fraction of sp³-hybridized carbons (Fsp3) is 0.625. The van der Waals surface area contributed by atoms with Crippen molar-refractivity contribution in [2.75, 3.05) is 0 Å². The van der Waals surface area contributed by atoms with Crippen molar-refractivity contribution in [3.63, 3.8) is 0 Å². The first-order chi connectivity index (χ1) is 8.77. The lowest BCUT2D eigenvalue weighted by Crippen LogP contribution is -2.32. The van der Waals surface area contributed by atoms with Crippen LogP contribution >= 0.6 is 15.9 Å². The van der Waals surface area contributed by atoms with Crippen molar-refractivity contribution >= 4 is 15.9 Å². The average molecular weight is 310 g/mol. The van der Waals surface area contributed by atoms with E-state index in [1.54, 1.807) is 0 Å². The van der Waals surface area contributed by atoms with E-state index in [1.165, 1.54) is 55.0 Å². The molecule has 1 aliphatic carbocycles. The molecule has 1 aromatic rings. The molecule has 2 rings (SSSR count). The van der Waals surface area contributed by atoms with Gasteiger partial charge in [0.2, 0.25) is 0 Å². The van der Waals surface area contributed by atoms with Gasteiger partial charge in [0.25, 0.3) is 0 Å². The van der Waals surface area contributed by atoms with Crippen molar-refractivity contribution < 1.29 is 0 Å². The van der Waals surface area contributed by atoms with Gasteiger partial charge in [0.15, 0.2) is 0 Å². The molecule has 100 valence electrons. The van der Waals surface area contributed by atoms with Gasteiger partial charge in [-0.25, -0.2) is 0 Å². The third-order valence-electron chi connectivity index (χ3n) is 4.17. The minimum absolute atomic E-state index is 0.321. The van der Waals surface area contributed by atoms with Gasteiger partial charge < -0.3 is 5.73 Å². The first-order valence-electron chi connectivity index (χ1n) is 7.26. The van der Waals surface area contributed by atoms with E-state index in [4.69, 9.17) is 5.73 Å². The molecule has 1 fully saturated rings. The standard InChI is InChI=1S/C16H24BrN/c17-15-11-7-6-10-14(15)12-16(18)13-8-4-2-1-3-5-9-13/h6-7,10-11,13,16H,1-5,8-9,12,18H2. The highest BCUT2D eigenvalue weighted by molar-refractivity contribution is 9.10. The lowest BCUT2D eigenvalue weighted by atomic mass is 9.84. The molecule has 0 aliphatic heterocycles. The quantitative estimate of drug-likeness (QED) is 0.862. The van der Waals surface area contributed by atoms with Crippen molar-refractivity contribution in [2.24, 2.45) is 11.7 Å².